The van der Waals surface area contributed by atoms with E-state index in [1.54, 1.807) is 0 Å². The van der Waals surface area contributed by atoms with Crippen LogP contribution in [0.3, 0.4) is 0 Å². The molecule has 1 fully saturated rings. The second kappa shape index (κ2) is 8.37. The van der Waals surface area contributed by atoms with Crippen molar-refractivity contribution in [3.63, 3.8) is 0 Å². The van der Waals surface area contributed by atoms with Gasteiger partial charge in [-0.2, -0.15) is 0 Å². The number of amides is 1. The zero-order chi connectivity index (χ0) is 15.1. The number of benzene rings is 1. The summed E-state index contributed by atoms with van der Waals surface area (Å²) in [5.74, 6) is 0.0651. The highest BCUT2D eigenvalue weighted by atomic mass is 35.5. The van der Waals surface area contributed by atoms with Crippen molar-refractivity contribution in [1.29, 1.82) is 0 Å². The summed E-state index contributed by atoms with van der Waals surface area (Å²) in [6.45, 7) is 6.06. The molecule has 1 aromatic carbocycles. The third kappa shape index (κ3) is 4.99. The van der Waals surface area contributed by atoms with Crippen molar-refractivity contribution in [2.24, 2.45) is 0 Å². The minimum Gasteiger partial charge on any atom is -0.351 e. The second-order valence-corrected chi connectivity index (χ2v) is 5.82. The Hall–Kier alpha value is -1.10. The average Bonchev–Trinajstić information content (AvgIpc) is 2.52. The molecule has 1 aromatic rings. The number of halogens is 1. The van der Waals surface area contributed by atoms with Gasteiger partial charge in [0.15, 0.2) is 0 Å². The SMILES string of the molecule is CCN(CC(=O)NCc1ccccc1Cl)C1CCNCC1. The maximum absolute atomic E-state index is 12.1. The van der Waals surface area contributed by atoms with Gasteiger partial charge in [-0.25, -0.2) is 0 Å². The summed E-state index contributed by atoms with van der Waals surface area (Å²) in [4.78, 5) is 14.4. The lowest BCUT2D eigenvalue weighted by Crippen LogP contribution is -2.47. The number of hydrogen-bond acceptors (Lipinski definition) is 3. The van der Waals surface area contributed by atoms with Crippen LogP contribution in [0.25, 0.3) is 0 Å². The topological polar surface area (TPSA) is 44.4 Å². The van der Waals surface area contributed by atoms with E-state index in [0.29, 0.717) is 24.2 Å². The standard InChI is InChI=1S/C16H24ClN3O/c1-2-20(14-7-9-18-10-8-14)12-16(21)19-11-13-5-3-4-6-15(13)17/h3-6,14,18H,2,7-12H2,1H3,(H,19,21). The first-order chi connectivity index (χ1) is 10.2. The number of nitrogens with zero attached hydrogens (tertiary/aromatic N) is 1. The van der Waals surface area contributed by atoms with Crippen molar-refractivity contribution >= 4 is 17.5 Å². The van der Waals surface area contributed by atoms with Gasteiger partial charge in [-0.3, -0.25) is 9.69 Å². The molecule has 2 rings (SSSR count). The number of carbonyl (C=O) groups is 1. The van der Waals surface area contributed by atoms with Gasteiger partial charge in [0.25, 0.3) is 0 Å². The zero-order valence-electron chi connectivity index (χ0n) is 12.6. The Morgan fingerprint density at radius 3 is 2.76 bits per heavy atom. The van der Waals surface area contributed by atoms with Crippen LogP contribution in [0.2, 0.25) is 5.02 Å². The van der Waals surface area contributed by atoms with E-state index in [4.69, 9.17) is 11.6 Å². The maximum atomic E-state index is 12.1. The van der Waals surface area contributed by atoms with Crippen LogP contribution in [-0.2, 0) is 11.3 Å². The van der Waals surface area contributed by atoms with Crippen LogP contribution >= 0.6 is 11.6 Å². The van der Waals surface area contributed by atoms with Crippen LogP contribution in [0.4, 0.5) is 0 Å². The Bertz CT molecular complexity index is 461. The molecule has 1 aliphatic heterocycles. The molecule has 5 heteroatoms. The molecule has 0 saturated carbocycles. The zero-order valence-corrected chi connectivity index (χ0v) is 13.3. The van der Waals surface area contributed by atoms with Gasteiger partial charge in [0, 0.05) is 17.6 Å². The molecule has 1 heterocycles. The molecule has 0 spiro atoms. The third-order valence-electron chi connectivity index (χ3n) is 4.01. The largest absolute Gasteiger partial charge is 0.351 e. The van der Waals surface area contributed by atoms with Crippen LogP contribution in [0.15, 0.2) is 24.3 Å². The predicted octanol–water partition coefficient (Wildman–Crippen LogP) is 2.03. The molecule has 4 nitrogen and oxygen atoms in total. The minimum atomic E-state index is 0.0651. The molecule has 1 amide bonds. The molecule has 0 atom stereocenters. The Balaban J connectivity index is 1.81. The molecule has 1 saturated heterocycles. The molecule has 0 aromatic heterocycles. The lowest BCUT2D eigenvalue weighted by molar-refractivity contribution is -0.123. The lowest BCUT2D eigenvalue weighted by atomic mass is 10.0. The van der Waals surface area contributed by atoms with Gasteiger partial charge < -0.3 is 10.6 Å². The van der Waals surface area contributed by atoms with Crippen LogP contribution in [0.1, 0.15) is 25.3 Å². The van der Waals surface area contributed by atoms with Gasteiger partial charge in [-0.05, 0) is 44.1 Å². The molecular formula is C16H24ClN3O. The Labute approximate surface area is 131 Å². The molecule has 1 aliphatic rings. The highest BCUT2D eigenvalue weighted by Gasteiger charge is 2.21. The third-order valence-corrected chi connectivity index (χ3v) is 4.38. The van der Waals surface area contributed by atoms with Crippen LogP contribution < -0.4 is 10.6 Å². The predicted molar refractivity (Wildman–Crippen MR) is 86.4 cm³/mol. The van der Waals surface area contributed by atoms with E-state index >= 15 is 0 Å². The summed E-state index contributed by atoms with van der Waals surface area (Å²) in [7, 11) is 0. The summed E-state index contributed by atoms with van der Waals surface area (Å²) in [5.41, 5.74) is 0.956. The number of piperidine rings is 1. The molecule has 0 radical (unpaired) electrons. The summed E-state index contributed by atoms with van der Waals surface area (Å²) in [6.07, 6.45) is 2.23. The van der Waals surface area contributed by atoms with Crippen molar-refractivity contribution < 1.29 is 4.79 Å². The number of likely N-dealkylation sites (N-methyl/N-ethyl adjacent to an activating group) is 1. The van der Waals surface area contributed by atoms with E-state index in [-0.39, 0.29) is 5.91 Å². The molecular weight excluding hydrogens is 286 g/mol. The van der Waals surface area contributed by atoms with E-state index in [2.05, 4.69) is 22.5 Å². The molecule has 0 aliphatic carbocycles. The fraction of sp³-hybridized carbons (Fsp3) is 0.562. The number of nitrogens with one attached hydrogen (secondary N) is 2. The van der Waals surface area contributed by atoms with Crippen molar-refractivity contribution in [2.75, 3.05) is 26.2 Å². The lowest BCUT2D eigenvalue weighted by Gasteiger charge is -2.33. The highest BCUT2D eigenvalue weighted by Crippen LogP contribution is 2.14. The monoisotopic (exact) mass is 309 g/mol. The van der Waals surface area contributed by atoms with Gasteiger partial charge in [-0.1, -0.05) is 36.7 Å². The van der Waals surface area contributed by atoms with E-state index in [0.717, 1.165) is 38.0 Å². The van der Waals surface area contributed by atoms with Gasteiger partial charge in [0.05, 0.1) is 6.54 Å². The quantitative estimate of drug-likeness (QED) is 0.845. The Morgan fingerprint density at radius 2 is 2.10 bits per heavy atom. The number of carbonyl (C=O) groups excluding carboxylic acids is 1. The summed E-state index contributed by atoms with van der Waals surface area (Å²) in [6, 6.07) is 8.12. The van der Waals surface area contributed by atoms with Crippen LogP contribution in [0.5, 0.6) is 0 Å². The highest BCUT2D eigenvalue weighted by molar-refractivity contribution is 6.31. The van der Waals surface area contributed by atoms with E-state index < -0.39 is 0 Å². The summed E-state index contributed by atoms with van der Waals surface area (Å²) in [5, 5.41) is 7.02. The normalized spacial score (nSPS) is 16.1. The number of hydrogen-bond donors (Lipinski definition) is 2. The molecule has 0 unspecified atom stereocenters. The minimum absolute atomic E-state index is 0.0651. The van der Waals surface area contributed by atoms with Crippen LogP contribution in [0, 0.1) is 0 Å². The fourth-order valence-corrected chi connectivity index (χ4v) is 2.95. The van der Waals surface area contributed by atoms with Crippen molar-refractivity contribution in [3.8, 4) is 0 Å². The first kappa shape index (κ1) is 16.3. The first-order valence-electron chi connectivity index (χ1n) is 7.65. The van der Waals surface area contributed by atoms with Gasteiger partial charge in [0.2, 0.25) is 5.91 Å². The summed E-state index contributed by atoms with van der Waals surface area (Å²) < 4.78 is 0. The average molecular weight is 310 g/mol. The number of rotatable bonds is 6. The second-order valence-electron chi connectivity index (χ2n) is 5.41. The van der Waals surface area contributed by atoms with E-state index in [1.165, 1.54) is 0 Å². The van der Waals surface area contributed by atoms with Crippen molar-refractivity contribution in [1.82, 2.24) is 15.5 Å². The molecule has 0 bridgehead atoms. The smallest absolute Gasteiger partial charge is 0.234 e. The van der Waals surface area contributed by atoms with E-state index in [9.17, 15) is 4.79 Å². The maximum Gasteiger partial charge on any atom is 0.234 e. The molecule has 116 valence electrons. The van der Waals surface area contributed by atoms with E-state index in [1.807, 2.05) is 24.3 Å². The van der Waals surface area contributed by atoms with Gasteiger partial charge in [-0.15, -0.1) is 0 Å². The first-order valence-corrected chi connectivity index (χ1v) is 8.03. The van der Waals surface area contributed by atoms with Crippen LogP contribution in [-0.4, -0.2) is 43.0 Å². The van der Waals surface area contributed by atoms with Crippen molar-refractivity contribution in [3.05, 3.63) is 34.9 Å². The van der Waals surface area contributed by atoms with Gasteiger partial charge >= 0.3 is 0 Å². The molecule has 2 N–H and O–H groups in total. The fourth-order valence-electron chi connectivity index (χ4n) is 2.75. The Morgan fingerprint density at radius 1 is 1.38 bits per heavy atom. The summed E-state index contributed by atoms with van der Waals surface area (Å²) >= 11 is 6.09. The van der Waals surface area contributed by atoms with Gasteiger partial charge in [0.1, 0.15) is 0 Å². The molecule has 21 heavy (non-hydrogen) atoms. The van der Waals surface area contributed by atoms with Crippen molar-refractivity contribution in [2.45, 2.75) is 32.4 Å². The Kier molecular flexibility index (Phi) is 6.49.